The molecule has 32 heavy (non-hydrogen) atoms. The third-order valence-corrected chi connectivity index (χ3v) is 5.16. The molecule has 2 N–H and O–H groups in total. The van der Waals surface area contributed by atoms with Crippen LogP contribution in [0.15, 0.2) is 42.6 Å². The summed E-state index contributed by atoms with van der Waals surface area (Å²) in [6.45, 7) is 2.04. The first kappa shape index (κ1) is 23.5. The van der Waals surface area contributed by atoms with Crippen molar-refractivity contribution in [3.63, 3.8) is 0 Å². The lowest BCUT2D eigenvalue weighted by Crippen LogP contribution is -2.49. The molecule has 0 unspecified atom stereocenters. The highest BCUT2D eigenvalue weighted by Crippen LogP contribution is 2.29. The number of rotatable bonds is 7. The largest absolute Gasteiger partial charge is 0.481 e. The van der Waals surface area contributed by atoms with E-state index < -0.39 is 35.4 Å². The number of carboxylic acids is 1. The quantitative estimate of drug-likeness (QED) is 0.626. The van der Waals surface area contributed by atoms with Crippen LogP contribution in [0.25, 0.3) is 0 Å². The highest BCUT2D eigenvalue weighted by molar-refractivity contribution is 5.93. The van der Waals surface area contributed by atoms with Crippen LogP contribution in [-0.4, -0.2) is 59.6 Å². The second-order valence-corrected chi connectivity index (χ2v) is 7.48. The average Bonchev–Trinajstić information content (AvgIpc) is 2.75. The Bertz CT molecular complexity index is 928. The molecule has 1 amide bonds. The molecule has 0 aliphatic carbocycles. The van der Waals surface area contributed by atoms with Crippen molar-refractivity contribution >= 4 is 23.4 Å². The van der Waals surface area contributed by atoms with Crippen molar-refractivity contribution in [1.82, 2.24) is 9.88 Å². The average molecular weight is 454 g/mol. The Morgan fingerprint density at radius 3 is 2.25 bits per heavy atom. The highest BCUT2D eigenvalue weighted by Gasteiger charge is 2.31. The Kier molecular flexibility index (Phi) is 7.29. The van der Waals surface area contributed by atoms with Crippen LogP contribution in [0.1, 0.15) is 12.0 Å². The minimum absolute atomic E-state index is 0.153. The van der Waals surface area contributed by atoms with Crippen molar-refractivity contribution in [3.05, 3.63) is 54.0 Å². The van der Waals surface area contributed by atoms with Crippen LogP contribution in [0.2, 0.25) is 0 Å². The Hall–Kier alpha value is -3.21. The van der Waals surface area contributed by atoms with Crippen LogP contribution in [0.3, 0.4) is 0 Å². The molecule has 0 bridgehead atoms. The number of anilines is 2. The molecule has 0 spiro atoms. The number of piperazine rings is 1. The summed E-state index contributed by atoms with van der Waals surface area (Å²) in [5, 5.41) is 12.1. The Balaban J connectivity index is 1.51. The number of amides is 1. The molecular weight excluding hydrogens is 432 g/mol. The molecule has 1 aromatic carbocycles. The van der Waals surface area contributed by atoms with Crippen molar-refractivity contribution in [1.29, 1.82) is 0 Å². The molecule has 2 aromatic rings. The third-order valence-electron chi connectivity index (χ3n) is 5.16. The number of hydrogen-bond donors (Lipinski definition) is 2. The van der Waals surface area contributed by atoms with Gasteiger partial charge in [-0.3, -0.25) is 14.5 Å². The number of hydrogen-bond acceptors (Lipinski definition) is 5. The number of nitrogens with zero attached hydrogens (tertiary/aromatic N) is 3. The predicted octanol–water partition coefficient (Wildman–Crippen LogP) is 3.09. The molecule has 1 atom stereocenters. The van der Waals surface area contributed by atoms with Crippen LogP contribution in [0.4, 0.5) is 29.1 Å². The summed E-state index contributed by atoms with van der Waals surface area (Å²) in [7, 11) is 0. The summed E-state index contributed by atoms with van der Waals surface area (Å²) in [6, 6.07) is 7.45. The topological polar surface area (TPSA) is 85.8 Å². The van der Waals surface area contributed by atoms with E-state index in [0.717, 1.165) is 12.3 Å². The molecule has 1 fully saturated rings. The molecule has 172 valence electrons. The van der Waals surface area contributed by atoms with Gasteiger partial charge in [-0.15, -0.1) is 0 Å². The Morgan fingerprint density at radius 1 is 1.06 bits per heavy atom. The van der Waals surface area contributed by atoms with E-state index in [4.69, 9.17) is 0 Å². The maximum Gasteiger partial charge on any atom is 0.417 e. The molecule has 7 nitrogen and oxygen atoms in total. The number of nitrogens with one attached hydrogen (secondary N) is 1. The van der Waals surface area contributed by atoms with E-state index in [1.165, 1.54) is 30.3 Å². The summed E-state index contributed by atoms with van der Waals surface area (Å²) in [5.41, 5.74) is -0.443. The van der Waals surface area contributed by atoms with Gasteiger partial charge in [-0.2, -0.15) is 13.2 Å². The van der Waals surface area contributed by atoms with E-state index in [2.05, 4.69) is 10.3 Å². The molecule has 0 saturated carbocycles. The van der Waals surface area contributed by atoms with Gasteiger partial charge in [-0.05, 0) is 36.4 Å². The van der Waals surface area contributed by atoms with Crippen molar-refractivity contribution in [2.24, 2.45) is 5.92 Å². The molecular formula is C21H22F4N4O3. The molecule has 11 heteroatoms. The molecule has 3 rings (SSSR count). The number of halogens is 4. The van der Waals surface area contributed by atoms with E-state index in [1.54, 1.807) is 0 Å². The maximum absolute atomic E-state index is 13.0. The van der Waals surface area contributed by atoms with Gasteiger partial charge in [0.2, 0.25) is 5.91 Å². The standard InChI is InChI=1S/C21H22F4N4O3/c22-16-2-4-17(5-3-16)27-19(30)11-14(20(31)32)13-28-7-9-29(10-8-28)18-6-1-15(12-26-18)21(23,24)25/h1-6,12,14H,7-11,13H2,(H,27,30)(H,31,32)/t14-/m1/s1. The fourth-order valence-electron chi connectivity index (χ4n) is 3.41. The minimum atomic E-state index is -4.45. The monoisotopic (exact) mass is 454 g/mol. The van der Waals surface area contributed by atoms with Crippen molar-refractivity contribution in [2.45, 2.75) is 12.6 Å². The molecule has 1 saturated heterocycles. The zero-order valence-corrected chi connectivity index (χ0v) is 17.0. The molecule has 1 aliphatic rings. The van der Waals surface area contributed by atoms with Crippen LogP contribution < -0.4 is 10.2 Å². The van der Waals surface area contributed by atoms with Gasteiger partial charge in [-0.1, -0.05) is 0 Å². The Labute approximate surface area is 181 Å². The summed E-state index contributed by atoms with van der Waals surface area (Å²) in [4.78, 5) is 31.4. The first-order valence-corrected chi connectivity index (χ1v) is 9.90. The number of aromatic nitrogens is 1. The lowest BCUT2D eigenvalue weighted by Gasteiger charge is -2.36. The maximum atomic E-state index is 13.0. The molecule has 1 aliphatic heterocycles. The zero-order chi connectivity index (χ0) is 23.3. The van der Waals surface area contributed by atoms with Gasteiger partial charge in [0.15, 0.2) is 0 Å². The van der Waals surface area contributed by atoms with E-state index >= 15 is 0 Å². The lowest BCUT2D eigenvalue weighted by atomic mass is 10.0. The highest BCUT2D eigenvalue weighted by atomic mass is 19.4. The third kappa shape index (κ3) is 6.39. The van der Waals surface area contributed by atoms with E-state index in [0.29, 0.717) is 37.7 Å². The van der Waals surface area contributed by atoms with Gasteiger partial charge >= 0.3 is 12.1 Å². The van der Waals surface area contributed by atoms with Crippen LogP contribution in [0.5, 0.6) is 0 Å². The number of pyridine rings is 1. The van der Waals surface area contributed by atoms with Crippen molar-refractivity contribution < 1.29 is 32.3 Å². The minimum Gasteiger partial charge on any atom is -0.481 e. The summed E-state index contributed by atoms with van der Waals surface area (Å²) in [5.74, 6) is -2.56. The van der Waals surface area contributed by atoms with Crippen LogP contribution in [0, 0.1) is 11.7 Å². The fourth-order valence-corrected chi connectivity index (χ4v) is 3.41. The van der Waals surface area contributed by atoms with Gasteiger partial charge in [0.05, 0.1) is 11.5 Å². The fraction of sp³-hybridized carbons (Fsp3) is 0.381. The molecule has 1 aromatic heterocycles. The van der Waals surface area contributed by atoms with E-state index in [-0.39, 0.29) is 13.0 Å². The summed E-state index contributed by atoms with van der Waals surface area (Å²) in [6.07, 6.45) is -3.89. The number of aliphatic carboxylic acids is 1. The predicted molar refractivity (Wildman–Crippen MR) is 109 cm³/mol. The smallest absolute Gasteiger partial charge is 0.417 e. The number of carbonyl (C=O) groups excluding carboxylic acids is 1. The summed E-state index contributed by atoms with van der Waals surface area (Å²) < 4.78 is 51.0. The van der Waals surface area contributed by atoms with Crippen LogP contribution in [-0.2, 0) is 15.8 Å². The number of carbonyl (C=O) groups is 2. The number of alkyl halides is 3. The molecule has 2 heterocycles. The SMILES string of the molecule is O=C(C[C@H](CN1CCN(c2ccc(C(F)(F)F)cn2)CC1)C(=O)O)Nc1ccc(F)cc1. The summed E-state index contributed by atoms with van der Waals surface area (Å²) >= 11 is 0. The van der Waals surface area contributed by atoms with Gasteiger partial charge in [0.1, 0.15) is 11.6 Å². The zero-order valence-electron chi connectivity index (χ0n) is 17.0. The second kappa shape index (κ2) is 9.94. The van der Waals surface area contributed by atoms with E-state index in [1.807, 2.05) is 9.80 Å². The van der Waals surface area contributed by atoms with Crippen molar-refractivity contribution in [3.8, 4) is 0 Å². The van der Waals surface area contributed by atoms with Gasteiger partial charge in [-0.25, -0.2) is 9.37 Å². The Morgan fingerprint density at radius 2 is 1.72 bits per heavy atom. The molecule has 0 radical (unpaired) electrons. The van der Waals surface area contributed by atoms with Gasteiger partial charge < -0.3 is 15.3 Å². The second-order valence-electron chi connectivity index (χ2n) is 7.48. The normalized spacial score (nSPS) is 15.9. The first-order chi connectivity index (χ1) is 15.1. The number of benzene rings is 1. The van der Waals surface area contributed by atoms with Crippen LogP contribution >= 0.6 is 0 Å². The van der Waals surface area contributed by atoms with Crippen molar-refractivity contribution in [2.75, 3.05) is 42.9 Å². The van der Waals surface area contributed by atoms with Gasteiger partial charge in [0.25, 0.3) is 0 Å². The number of carboxylic acid groups (broad SMARTS) is 1. The van der Waals surface area contributed by atoms with Gasteiger partial charge in [0, 0.05) is 51.0 Å². The lowest BCUT2D eigenvalue weighted by molar-refractivity contribution is -0.144. The van der Waals surface area contributed by atoms with E-state index in [9.17, 15) is 32.3 Å². The first-order valence-electron chi connectivity index (χ1n) is 9.90.